The number of piperidine rings is 1. The number of halogens is 1. The van der Waals surface area contributed by atoms with Crippen LogP contribution in [0.1, 0.15) is 23.2 Å². The number of piperazine rings is 1. The van der Waals surface area contributed by atoms with Gasteiger partial charge in [-0.25, -0.2) is 0 Å². The molecule has 2 amide bonds. The van der Waals surface area contributed by atoms with Crippen LogP contribution in [-0.2, 0) is 4.79 Å². The molecule has 120 valence electrons. The minimum absolute atomic E-state index is 0. The highest BCUT2D eigenvalue weighted by molar-refractivity contribution is 5.94. The molecule has 0 spiro atoms. The molecule has 0 aromatic heterocycles. The first-order valence-electron chi connectivity index (χ1n) is 7.60. The number of nitrogens with one attached hydrogen (secondary N) is 1. The van der Waals surface area contributed by atoms with Crippen molar-refractivity contribution in [2.75, 3.05) is 32.7 Å². The number of carbonyl (C=O) groups is 2. The van der Waals surface area contributed by atoms with Crippen molar-refractivity contribution in [3.8, 4) is 0 Å². The van der Waals surface area contributed by atoms with Crippen LogP contribution in [-0.4, -0.2) is 60.4 Å². The Balaban J connectivity index is 0.00000176. The van der Waals surface area contributed by atoms with Crippen molar-refractivity contribution < 1.29 is 9.59 Å². The maximum Gasteiger partial charge on any atom is 0.253 e. The molecular formula is C16H22ClN3O2. The Bertz CT molecular complexity index is 523. The fourth-order valence-electron chi connectivity index (χ4n) is 3.16. The molecule has 0 saturated carbocycles. The first-order chi connectivity index (χ1) is 10.3. The van der Waals surface area contributed by atoms with Crippen LogP contribution in [0, 0.1) is 0 Å². The number of rotatable bonds is 2. The van der Waals surface area contributed by atoms with Crippen molar-refractivity contribution >= 4 is 24.2 Å². The zero-order chi connectivity index (χ0) is 14.7. The third-order valence-corrected chi connectivity index (χ3v) is 4.27. The average molecular weight is 324 g/mol. The van der Waals surface area contributed by atoms with E-state index < -0.39 is 0 Å². The van der Waals surface area contributed by atoms with Crippen molar-refractivity contribution in [1.29, 1.82) is 0 Å². The third kappa shape index (κ3) is 3.59. The molecule has 2 saturated heterocycles. The number of likely N-dealkylation sites (tertiary alicyclic amines) is 1. The molecule has 2 aliphatic heterocycles. The molecule has 22 heavy (non-hydrogen) atoms. The molecule has 1 aromatic rings. The summed E-state index contributed by atoms with van der Waals surface area (Å²) in [6.45, 7) is 3.44. The smallest absolute Gasteiger partial charge is 0.253 e. The minimum atomic E-state index is 0. The van der Waals surface area contributed by atoms with Gasteiger partial charge in [0.1, 0.15) is 0 Å². The van der Waals surface area contributed by atoms with Gasteiger partial charge in [-0.05, 0) is 25.0 Å². The van der Waals surface area contributed by atoms with Crippen molar-refractivity contribution in [3.63, 3.8) is 0 Å². The van der Waals surface area contributed by atoms with Crippen molar-refractivity contribution in [2.24, 2.45) is 0 Å². The molecule has 2 fully saturated rings. The van der Waals surface area contributed by atoms with Gasteiger partial charge in [0.2, 0.25) is 5.91 Å². The zero-order valence-corrected chi connectivity index (χ0v) is 13.3. The highest BCUT2D eigenvalue weighted by Gasteiger charge is 2.31. The summed E-state index contributed by atoms with van der Waals surface area (Å²) in [6, 6.07) is 9.54. The lowest BCUT2D eigenvalue weighted by Gasteiger charge is -2.41. The normalized spacial score (nSPS) is 22.2. The number of hydrogen-bond acceptors (Lipinski definition) is 3. The van der Waals surface area contributed by atoms with Crippen LogP contribution in [0.2, 0.25) is 0 Å². The van der Waals surface area contributed by atoms with Crippen LogP contribution in [0.5, 0.6) is 0 Å². The van der Waals surface area contributed by atoms with E-state index in [1.165, 1.54) is 0 Å². The van der Waals surface area contributed by atoms with E-state index in [-0.39, 0.29) is 30.3 Å². The number of benzene rings is 1. The van der Waals surface area contributed by atoms with E-state index in [0.717, 1.165) is 38.0 Å². The molecule has 3 rings (SSSR count). The van der Waals surface area contributed by atoms with Crippen LogP contribution in [0.15, 0.2) is 30.3 Å². The SMILES string of the molecule is Cl.O=C(c1ccccc1)N1CCCC(N2CCNCC2=O)C1. The maximum atomic E-state index is 12.5. The molecule has 0 radical (unpaired) electrons. The van der Waals surface area contributed by atoms with Gasteiger partial charge in [0, 0.05) is 37.8 Å². The van der Waals surface area contributed by atoms with E-state index in [1.54, 1.807) is 0 Å². The molecule has 2 aliphatic rings. The van der Waals surface area contributed by atoms with Gasteiger partial charge in [0.05, 0.1) is 6.54 Å². The Morgan fingerprint density at radius 3 is 2.68 bits per heavy atom. The summed E-state index contributed by atoms with van der Waals surface area (Å²) in [5.41, 5.74) is 0.727. The molecular weight excluding hydrogens is 302 g/mol. The topological polar surface area (TPSA) is 52.7 Å². The lowest BCUT2D eigenvalue weighted by molar-refractivity contribution is -0.135. The van der Waals surface area contributed by atoms with Gasteiger partial charge in [0.15, 0.2) is 0 Å². The molecule has 1 atom stereocenters. The summed E-state index contributed by atoms with van der Waals surface area (Å²) in [4.78, 5) is 28.4. The average Bonchev–Trinajstić information content (AvgIpc) is 2.55. The van der Waals surface area contributed by atoms with Gasteiger partial charge in [-0.15, -0.1) is 12.4 Å². The predicted octanol–water partition coefficient (Wildman–Crippen LogP) is 1.14. The first-order valence-corrected chi connectivity index (χ1v) is 7.60. The van der Waals surface area contributed by atoms with Crippen LogP contribution in [0.4, 0.5) is 0 Å². The molecule has 1 aromatic carbocycles. The molecule has 0 bridgehead atoms. The van der Waals surface area contributed by atoms with Crippen molar-refractivity contribution in [1.82, 2.24) is 15.1 Å². The number of amides is 2. The molecule has 1 N–H and O–H groups in total. The Morgan fingerprint density at radius 2 is 1.95 bits per heavy atom. The second-order valence-corrected chi connectivity index (χ2v) is 5.68. The zero-order valence-electron chi connectivity index (χ0n) is 12.5. The van der Waals surface area contributed by atoms with Crippen LogP contribution in [0.25, 0.3) is 0 Å². The summed E-state index contributed by atoms with van der Waals surface area (Å²) in [5.74, 6) is 0.225. The number of nitrogens with zero attached hydrogens (tertiary/aromatic N) is 2. The van der Waals surface area contributed by atoms with Gasteiger partial charge in [-0.2, -0.15) is 0 Å². The predicted molar refractivity (Wildman–Crippen MR) is 87.2 cm³/mol. The van der Waals surface area contributed by atoms with Crippen LogP contribution in [0.3, 0.4) is 0 Å². The Morgan fingerprint density at radius 1 is 1.18 bits per heavy atom. The fraction of sp³-hybridized carbons (Fsp3) is 0.500. The summed E-state index contributed by atoms with van der Waals surface area (Å²) in [7, 11) is 0. The second-order valence-electron chi connectivity index (χ2n) is 5.68. The Hall–Kier alpha value is -1.59. The van der Waals surface area contributed by atoms with E-state index in [4.69, 9.17) is 0 Å². The standard InChI is InChI=1S/C16H21N3O2.ClH/c20-15-11-17-8-10-19(15)14-7-4-9-18(12-14)16(21)13-5-2-1-3-6-13;/h1-3,5-6,14,17H,4,7-12H2;1H. The second kappa shape index (κ2) is 7.61. The summed E-state index contributed by atoms with van der Waals surface area (Å²) < 4.78 is 0. The molecule has 0 aliphatic carbocycles. The highest BCUT2D eigenvalue weighted by Crippen LogP contribution is 2.19. The first kappa shape index (κ1) is 16.8. The summed E-state index contributed by atoms with van der Waals surface area (Å²) in [6.07, 6.45) is 1.95. The van der Waals surface area contributed by atoms with Gasteiger partial charge in [-0.1, -0.05) is 18.2 Å². The van der Waals surface area contributed by atoms with E-state index >= 15 is 0 Å². The van der Waals surface area contributed by atoms with Gasteiger partial charge in [0.25, 0.3) is 5.91 Å². The lowest BCUT2D eigenvalue weighted by Crippen LogP contribution is -2.57. The van der Waals surface area contributed by atoms with Gasteiger partial charge in [-0.3, -0.25) is 9.59 Å². The van der Waals surface area contributed by atoms with Gasteiger partial charge >= 0.3 is 0 Å². The maximum absolute atomic E-state index is 12.5. The molecule has 5 nitrogen and oxygen atoms in total. The van der Waals surface area contributed by atoms with Crippen LogP contribution >= 0.6 is 12.4 Å². The fourth-order valence-corrected chi connectivity index (χ4v) is 3.16. The largest absolute Gasteiger partial charge is 0.337 e. The quantitative estimate of drug-likeness (QED) is 0.888. The lowest BCUT2D eigenvalue weighted by atomic mass is 10.0. The van der Waals surface area contributed by atoms with E-state index in [0.29, 0.717) is 13.1 Å². The Kier molecular flexibility index (Phi) is 5.80. The van der Waals surface area contributed by atoms with Crippen molar-refractivity contribution in [2.45, 2.75) is 18.9 Å². The van der Waals surface area contributed by atoms with Gasteiger partial charge < -0.3 is 15.1 Å². The Labute approximate surface area is 137 Å². The monoisotopic (exact) mass is 323 g/mol. The molecule has 1 unspecified atom stereocenters. The van der Waals surface area contributed by atoms with E-state index in [1.807, 2.05) is 40.1 Å². The molecule has 6 heteroatoms. The minimum Gasteiger partial charge on any atom is -0.337 e. The van der Waals surface area contributed by atoms with E-state index in [2.05, 4.69) is 5.32 Å². The molecule has 2 heterocycles. The highest BCUT2D eigenvalue weighted by atomic mass is 35.5. The summed E-state index contributed by atoms with van der Waals surface area (Å²) in [5, 5.41) is 3.09. The van der Waals surface area contributed by atoms with Crippen molar-refractivity contribution in [3.05, 3.63) is 35.9 Å². The number of hydrogen-bond donors (Lipinski definition) is 1. The van der Waals surface area contributed by atoms with E-state index in [9.17, 15) is 9.59 Å². The van der Waals surface area contributed by atoms with Crippen LogP contribution < -0.4 is 5.32 Å². The third-order valence-electron chi connectivity index (χ3n) is 4.27. The summed E-state index contributed by atoms with van der Waals surface area (Å²) >= 11 is 0. The number of carbonyl (C=O) groups excluding carboxylic acids is 2.